The van der Waals surface area contributed by atoms with Crippen molar-refractivity contribution >= 4 is 10.9 Å². The Morgan fingerprint density at radius 1 is 1.00 bits per heavy atom. The highest BCUT2D eigenvalue weighted by Gasteiger charge is 2.20. The molecule has 1 fully saturated rings. The number of aromatic nitrogens is 1. The summed E-state index contributed by atoms with van der Waals surface area (Å²) in [5, 5.41) is 1.42. The third-order valence-corrected chi connectivity index (χ3v) is 6.06. The highest BCUT2D eigenvalue weighted by molar-refractivity contribution is 5.83. The van der Waals surface area contributed by atoms with Crippen LogP contribution in [0.5, 0.6) is 0 Å². The Balaban J connectivity index is 0.00000117. The van der Waals surface area contributed by atoms with E-state index >= 15 is 0 Å². The van der Waals surface area contributed by atoms with Crippen LogP contribution in [0.15, 0.2) is 54.0 Å². The average molecular weight is 395 g/mol. The van der Waals surface area contributed by atoms with Crippen LogP contribution in [0.1, 0.15) is 45.6 Å². The maximum atomic E-state index is 6.18. The van der Waals surface area contributed by atoms with Crippen molar-refractivity contribution in [2.75, 3.05) is 32.7 Å². The number of benzene rings is 1. The molecule has 1 aliphatic carbocycles. The van der Waals surface area contributed by atoms with Gasteiger partial charge in [-0.1, -0.05) is 45.0 Å². The van der Waals surface area contributed by atoms with Crippen molar-refractivity contribution in [3.05, 3.63) is 59.6 Å². The van der Waals surface area contributed by atoms with E-state index in [-0.39, 0.29) is 0 Å². The van der Waals surface area contributed by atoms with Crippen LogP contribution in [-0.4, -0.2) is 47.1 Å². The van der Waals surface area contributed by atoms with Crippen molar-refractivity contribution in [2.45, 2.75) is 53.0 Å². The third-order valence-electron chi connectivity index (χ3n) is 6.06. The Morgan fingerprint density at radius 2 is 1.76 bits per heavy atom. The number of fused-ring (bicyclic) bond motifs is 1. The summed E-state index contributed by atoms with van der Waals surface area (Å²) in [6, 6.07) is 8.81. The lowest BCUT2D eigenvalue weighted by atomic mass is 10.1. The summed E-state index contributed by atoms with van der Waals surface area (Å²) < 4.78 is 2.45. The van der Waals surface area contributed by atoms with Gasteiger partial charge in [0.25, 0.3) is 0 Å². The van der Waals surface area contributed by atoms with Gasteiger partial charge >= 0.3 is 0 Å². The molecule has 4 rings (SSSR count). The molecule has 0 spiro atoms. The molecule has 0 saturated carbocycles. The monoisotopic (exact) mass is 394 g/mol. The Labute approximate surface area is 176 Å². The summed E-state index contributed by atoms with van der Waals surface area (Å²) in [4.78, 5) is 5.11. The quantitative estimate of drug-likeness (QED) is 0.768. The molecular formula is C25H38N4. The van der Waals surface area contributed by atoms with Crippen LogP contribution in [0.4, 0.5) is 0 Å². The van der Waals surface area contributed by atoms with Gasteiger partial charge < -0.3 is 15.2 Å². The van der Waals surface area contributed by atoms with Crippen LogP contribution < -0.4 is 5.73 Å². The summed E-state index contributed by atoms with van der Waals surface area (Å²) in [5.74, 6) is 0. The fourth-order valence-corrected chi connectivity index (χ4v) is 4.51. The van der Waals surface area contributed by atoms with E-state index in [1.54, 1.807) is 0 Å². The summed E-state index contributed by atoms with van der Waals surface area (Å²) >= 11 is 0. The number of nitrogens with zero attached hydrogens (tertiary/aromatic N) is 3. The Hall–Kier alpha value is -2.20. The van der Waals surface area contributed by atoms with Gasteiger partial charge in [0.05, 0.1) is 5.70 Å². The highest BCUT2D eigenvalue weighted by Crippen LogP contribution is 2.23. The van der Waals surface area contributed by atoms with E-state index in [9.17, 15) is 0 Å². The molecule has 2 aromatic rings. The van der Waals surface area contributed by atoms with Gasteiger partial charge in [-0.25, -0.2) is 0 Å². The second-order valence-corrected chi connectivity index (χ2v) is 7.74. The standard InChI is InChI=1S/C23H32N4.C2H6/c1-2-19-18-27(22-10-5-3-8-20(19)22)13-7-12-25-14-16-26(17-15-25)23-11-6-4-9-21(23)24;1-2/h3-5,8-10,18H,2,6-7,11-17,24H2,1H3;1-2H3. The lowest BCUT2D eigenvalue weighted by molar-refractivity contribution is 0.152. The first-order chi connectivity index (χ1) is 14.3. The number of para-hydroxylation sites is 1. The van der Waals surface area contributed by atoms with Crippen molar-refractivity contribution < 1.29 is 0 Å². The first-order valence-corrected chi connectivity index (χ1v) is 11.5. The van der Waals surface area contributed by atoms with Crippen molar-refractivity contribution in [3.8, 4) is 0 Å². The second-order valence-electron chi connectivity index (χ2n) is 7.74. The normalized spacial score (nSPS) is 17.6. The van der Waals surface area contributed by atoms with Crippen LogP contribution in [-0.2, 0) is 13.0 Å². The summed E-state index contributed by atoms with van der Waals surface area (Å²) in [5.41, 5.74) is 11.4. The molecule has 0 atom stereocenters. The Kier molecular flexibility index (Phi) is 7.82. The molecule has 4 nitrogen and oxygen atoms in total. The molecule has 1 saturated heterocycles. The van der Waals surface area contributed by atoms with Crippen molar-refractivity contribution in [1.82, 2.24) is 14.4 Å². The molecule has 0 radical (unpaired) electrons. The maximum Gasteiger partial charge on any atom is 0.0505 e. The molecule has 0 amide bonds. The maximum absolute atomic E-state index is 6.18. The smallest absolute Gasteiger partial charge is 0.0505 e. The van der Waals surface area contributed by atoms with E-state index in [1.165, 1.54) is 35.1 Å². The van der Waals surface area contributed by atoms with Crippen LogP contribution in [0, 0.1) is 0 Å². The van der Waals surface area contributed by atoms with E-state index < -0.39 is 0 Å². The predicted octanol–water partition coefficient (Wildman–Crippen LogP) is 4.76. The zero-order valence-corrected chi connectivity index (χ0v) is 18.5. The number of allylic oxidation sites excluding steroid dienone is 3. The number of hydrogen-bond acceptors (Lipinski definition) is 3. The molecule has 29 heavy (non-hydrogen) atoms. The lowest BCUT2D eigenvalue weighted by Gasteiger charge is -2.38. The van der Waals surface area contributed by atoms with Gasteiger partial charge in [-0.15, -0.1) is 0 Å². The molecular weight excluding hydrogens is 356 g/mol. The van der Waals surface area contributed by atoms with Gasteiger partial charge in [0.2, 0.25) is 0 Å². The lowest BCUT2D eigenvalue weighted by Crippen LogP contribution is -2.46. The van der Waals surface area contributed by atoms with Gasteiger partial charge in [0, 0.05) is 55.5 Å². The van der Waals surface area contributed by atoms with E-state index in [0.717, 1.165) is 57.7 Å². The van der Waals surface area contributed by atoms with Gasteiger partial charge in [0.15, 0.2) is 0 Å². The predicted molar refractivity (Wildman–Crippen MR) is 125 cm³/mol. The molecule has 1 aromatic carbocycles. The first-order valence-electron chi connectivity index (χ1n) is 11.5. The largest absolute Gasteiger partial charge is 0.397 e. The average Bonchev–Trinajstić information content (AvgIpc) is 3.14. The molecule has 4 heteroatoms. The minimum absolute atomic E-state index is 0.973. The second kappa shape index (κ2) is 10.5. The molecule has 1 aromatic heterocycles. The first kappa shape index (κ1) is 21.5. The molecule has 2 N–H and O–H groups in total. The van der Waals surface area contributed by atoms with E-state index in [4.69, 9.17) is 5.73 Å². The van der Waals surface area contributed by atoms with Crippen molar-refractivity contribution in [3.63, 3.8) is 0 Å². The van der Waals surface area contributed by atoms with E-state index in [0.29, 0.717) is 0 Å². The SMILES string of the molecule is CC.CCc1cn(CCCN2CCN(C3=C(N)C=CCC3)CC2)c2ccccc12. The minimum Gasteiger partial charge on any atom is -0.397 e. The fraction of sp³-hybridized carbons (Fsp3) is 0.520. The Morgan fingerprint density at radius 3 is 2.48 bits per heavy atom. The topological polar surface area (TPSA) is 37.4 Å². The van der Waals surface area contributed by atoms with Crippen molar-refractivity contribution in [1.29, 1.82) is 0 Å². The number of piperazine rings is 1. The number of hydrogen-bond donors (Lipinski definition) is 1. The molecule has 2 heterocycles. The highest BCUT2D eigenvalue weighted by atomic mass is 15.3. The van der Waals surface area contributed by atoms with E-state index in [1.807, 2.05) is 13.8 Å². The van der Waals surface area contributed by atoms with Gasteiger partial charge in [-0.05, 0) is 49.9 Å². The summed E-state index contributed by atoms with van der Waals surface area (Å²) in [6.07, 6.45) is 11.2. The minimum atomic E-state index is 0.973. The molecule has 1 aliphatic heterocycles. The summed E-state index contributed by atoms with van der Waals surface area (Å²) in [7, 11) is 0. The van der Waals surface area contributed by atoms with Crippen LogP contribution in [0.2, 0.25) is 0 Å². The zero-order chi connectivity index (χ0) is 20.6. The van der Waals surface area contributed by atoms with Crippen LogP contribution >= 0.6 is 0 Å². The van der Waals surface area contributed by atoms with Gasteiger partial charge in [-0.2, -0.15) is 0 Å². The van der Waals surface area contributed by atoms with Crippen molar-refractivity contribution in [2.24, 2.45) is 5.73 Å². The van der Waals surface area contributed by atoms with Gasteiger partial charge in [-0.3, -0.25) is 4.90 Å². The van der Waals surface area contributed by atoms with Crippen LogP contribution in [0.3, 0.4) is 0 Å². The van der Waals surface area contributed by atoms with Gasteiger partial charge in [0.1, 0.15) is 0 Å². The van der Waals surface area contributed by atoms with Crippen LogP contribution in [0.25, 0.3) is 10.9 Å². The fourth-order valence-electron chi connectivity index (χ4n) is 4.51. The molecule has 2 aliphatic rings. The zero-order valence-electron chi connectivity index (χ0n) is 18.5. The molecule has 158 valence electrons. The van der Waals surface area contributed by atoms with E-state index in [2.05, 4.69) is 63.9 Å². The number of rotatable bonds is 6. The third kappa shape index (κ3) is 5.05. The number of aryl methyl sites for hydroxylation is 2. The number of nitrogens with two attached hydrogens (primary N) is 1. The molecule has 0 bridgehead atoms. The molecule has 0 unspecified atom stereocenters. The Bertz CT molecular complexity index is 838. The summed E-state index contributed by atoms with van der Waals surface area (Å²) in [6.45, 7) is 13.0.